The topological polar surface area (TPSA) is 55.3 Å². The summed E-state index contributed by atoms with van der Waals surface area (Å²) in [4.78, 5) is 24.0. The fourth-order valence-electron chi connectivity index (χ4n) is 2.85. The Morgan fingerprint density at radius 2 is 2.30 bits per heavy atom. The third-order valence-corrected chi connectivity index (χ3v) is 4.74. The van der Waals surface area contributed by atoms with Crippen LogP contribution in [0, 0.1) is 13.8 Å². The summed E-state index contributed by atoms with van der Waals surface area (Å²) in [6, 6.07) is 5.83. The Morgan fingerprint density at radius 3 is 3.04 bits per heavy atom. The summed E-state index contributed by atoms with van der Waals surface area (Å²) < 4.78 is 5.99. The molecule has 0 aromatic carbocycles. The van der Waals surface area contributed by atoms with Crippen LogP contribution in [0.4, 0.5) is 0 Å². The van der Waals surface area contributed by atoms with E-state index in [0.717, 1.165) is 30.0 Å². The summed E-state index contributed by atoms with van der Waals surface area (Å²) in [7, 11) is 0. The predicted molar refractivity (Wildman–Crippen MR) is 89.8 cm³/mol. The fraction of sp³-hybridized carbons (Fsp3) is 0.471. The van der Waals surface area contributed by atoms with Crippen LogP contribution in [-0.4, -0.2) is 40.0 Å². The molecule has 0 aliphatic carbocycles. The van der Waals surface area contributed by atoms with Gasteiger partial charge in [-0.15, -0.1) is 11.3 Å². The minimum atomic E-state index is 0.00438. The smallest absolute Gasteiger partial charge is 0.227 e. The van der Waals surface area contributed by atoms with Gasteiger partial charge in [-0.2, -0.15) is 4.98 Å². The minimum Gasteiger partial charge on any atom is -0.472 e. The van der Waals surface area contributed by atoms with Crippen LogP contribution >= 0.6 is 11.3 Å². The zero-order valence-corrected chi connectivity index (χ0v) is 14.3. The van der Waals surface area contributed by atoms with Gasteiger partial charge in [-0.1, -0.05) is 6.07 Å². The number of amides is 1. The lowest BCUT2D eigenvalue weighted by molar-refractivity contribution is -0.133. The monoisotopic (exact) mass is 331 g/mol. The first kappa shape index (κ1) is 15.9. The zero-order valence-electron chi connectivity index (χ0n) is 13.5. The van der Waals surface area contributed by atoms with Crippen molar-refractivity contribution in [2.45, 2.75) is 39.2 Å². The van der Waals surface area contributed by atoms with Gasteiger partial charge < -0.3 is 9.64 Å². The van der Waals surface area contributed by atoms with Crippen LogP contribution in [0.2, 0.25) is 0 Å². The second-order valence-electron chi connectivity index (χ2n) is 5.87. The van der Waals surface area contributed by atoms with Crippen molar-refractivity contribution in [1.82, 2.24) is 14.9 Å². The van der Waals surface area contributed by atoms with E-state index in [1.807, 2.05) is 42.3 Å². The third kappa shape index (κ3) is 4.28. The average molecular weight is 331 g/mol. The Balaban J connectivity index is 1.60. The quantitative estimate of drug-likeness (QED) is 0.864. The second-order valence-corrected chi connectivity index (χ2v) is 6.91. The number of nitrogens with zero attached hydrogens (tertiary/aromatic N) is 3. The summed E-state index contributed by atoms with van der Waals surface area (Å²) in [6.45, 7) is 5.23. The third-order valence-electron chi connectivity index (χ3n) is 3.87. The van der Waals surface area contributed by atoms with Crippen molar-refractivity contribution < 1.29 is 9.53 Å². The summed E-state index contributed by atoms with van der Waals surface area (Å²) in [5.74, 6) is 1.49. The molecule has 0 radical (unpaired) electrons. The Labute approximate surface area is 140 Å². The van der Waals surface area contributed by atoms with Gasteiger partial charge in [0.25, 0.3) is 0 Å². The van der Waals surface area contributed by atoms with Gasteiger partial charge in [0, 0.05) is 23.2 Å². The number of aromatic nitrogens is 2. The van der Waals surface area contributed by atoms with Crippen molar-refractivity contribution in [1.29, 1.82) is 0 Å². The molecule has 0 N–H and O–H groups in total. The first-order chi connectivity index (χ1) is 11.1. The van der Waals surface area contributed by atoms with E-state index in [1.54, 1.807) is 11.3 Å². The standard InChI is InChI=1S/C17H21N3O2S/c1-12-9-16(19-13(2)18-12)22-14-5-3-7-20(11-14)17(21)10-15-6-4-8-23-15/h4,6,8-9,14H,3,5,7,10-11H2,1-2H3. The molecular weight excluding hydrogens is 310 g/mol. The van der Waals surface area contributed by atoms with E-state index in [4.69, 9.17) is 4.74 Å². The van der Waals surface area contributed by atoms with Gasteiger partial charge in [-0.3, -0.25) is 4.79 Å². The SMILES string of the molecule is Cc1cc(OC2CCCN(C(=O)Cc3cccs3)C2)nc(C)n1. The molecular formula is C17H21N3O2S. The summed E-state index contributed by atoms with van der Waals surface area (Å²) >= 11 is 1.63. The van der Waals surface area contributed by atoms with Gasteiger partial charge in [0.1, 0.15) is 11.9 Å². The fourth-order valence-corrected chi connectivity index (χ4v) is 3.54. The van der Waals surface area contributed by atoms with Crippen molar-refractivity contribution in [3.63, 3.8) is 0 Å². The van der Waals surface area contributed by atoms with Crippen LogP contribution in [-0.2, 0) is 11.2 Å². The van der Waals surface area contributed by atoms with Crippen molar-refractivity contribution in [3.05, 3.63) is 40.0 Å². The molecule has 1 fully saturated rings. The molecule has 6 heteroatoms. The minimum absolute atomic E-state index is 0.00438. The molecule has 23 heavy (non-hydrogen) atoms. The van der Waals surface area contributed by atoms with Gasteiger partial charge in [0.2, 0.25) is 11.8 Å². The van der Waals surface area contributed by atoms with E-state index in [0.29, 0.717) is 24.7 Å². The molecule has 0 saturated carbocycles. The molecule has 1 amide bonds. The van der Waals surface area contributed by atoms with E-state index >= 15 is 0 Å². The van der Waals surface area contributed by atoms with E-state index < -0.39 is 0 Å². The highest BCUT2D eigenvalue weighted by molar-refractivity contribution is 7.10. The molecule has 2 aromatic rings. The summed E-state index contributed by atoms with van der Waals surface area (Å²) in [5.41, 5.74) is 0.897. The molecule has 0 spiro atoms. The molecule has 3 heterocycles. The van der Waals surface area contributed by atoms with Crippen molar-refractivity contribution in [2.75, 3.05) is 13.1 Å². The van der Waals surface area contributed by atoms with E-state index in [9.17, 15) is 4.79 Å². The molecule has 1 unspecified atom stereocenters. The highest BCUT2D eigenvalue weighted by atomic mass is 32.1. The van der Waals surface area contributed by atoms with Gasteiger partial charge in [0.05, 0.1) is 13.0 Å². The number of hydrogen-bond donors (Lipinski definition) is 0. The molecule has 3 rings (SSSR count). The number of piperidine rings is 1. The number of hydrogen-bond acceptors (Lipinski definition) is 5. The predicted octanol–water partition coefficient (Wildman–Crippen LogP) is 2.77. The lowest BCUT2D eigenvalue weighted by Gasteiger charge is -2.32. The van der Waals surface area contributed by atoms with E-state index in [2.05, 4.69) is 9.97 Å². The van der Waals surface area contributed by atoms with Gasteiger partial charge in [-0.05, 0) is 38.1 Å². The Morgan fingerprint density at radius 1 is 1.43 bits per heavy atom. The number of thiophene rings is 1. The Bertz CT molecular complexity index is 652. The van der Waals surface area contributed by atoms with Gasteiger partial charge >= 0.3 is 0 Å². The van der Waals surface area contributed by atoms with Crippen molar-refractivity contribution in [2.24, 2.45) is 0 Å². The Hall–Kier alpha value is -1.95. The van der Waals surface area contributed by atoms with Gasteiger partial charge in [-0.25, -0.2) is 4.98 Å². The van der Waals surface area contributed by atoms with Crippen LogP contribution in [0.5, 0.6) is 5.88 Å². The summed E-state index contributed by atoms with van der Waals surface area (Å²) in [6.07, 6.45) is 2.40. The highest BCUT2D eigenvalue weighted by Crippen LogP contribution is 2.19. The number of aryl methyl sites for hydroxylation is 2. The molecule has 1 aliphatic heterocycles. The van der Waals surface area contributed by atoms with Crippen LogP contribution in [0.1, 0.15) is 29.2 Å². The number of rotatable bonds is 4. The second kappa shape index (κ2) is 7.08. The summed E-state index contributed by atoms with van der Waals surface area (Å²) in [5, 5.41) is 2.00. The largest absolute Gasteiger partial charge is 0.472 e. The van der Waals surface area contributed by atoms with Crippen LogP contribution < -0.4 is 4.74 Å². The highest BCUT2D eigenvalue weighted by Gasteiger charge is 2.25. The maximum absolute atomic E-state index is 12.4. The molecule has 5 nitrogen and oxygen atoms in total. The maximum Gasteiger partial charge on any atom is 0.227 e. The van der Waals surface area contributed by atoms with Gasteiger partial charge in [0.15, 0.2) is 0 Å². The van der Waals surface area contributed by atoms with E-state index in [-0.39, 0.29) is 12.0 Å². The Kier molecular flexibility index (Phi) is 4.91. The first-order valence-corrected chi connectivity index (χ1v) is 8.77. The number of carbonyl (C=O) groups excluding carboxylic acids is 1. The van der Waals surface area contributed by atoms with Crippen LogP contribution in [0.3, 0.4) is 0 Å². The van der Waals surface area contributed by atoms with Crippen LogP contribution in [0.25, 0.3) is 0 Å². The zero-order chi connectivity index (χ0) is 16.2. The lowest BCUT2D eigenvalue weighted by atomic mass is 10.1. The number of likely N-dealkylation sites (tertiary alicyclic amines) is 1. The molecule has 1 aliphatic rings. The molecule has 0 bridgehead atoms. The molecule has 122 valence electrons. The molecule has 2 aromatic heterocycles. The van der Waals surface area contributed by atoms with Crippen molar-refractivity contribution >= 4 is 17.2 Å². The average Bonchev–Trinajstić information content (AvgIpc) is 2.99. The van der Waals surface area contributed by atoms with E-state index in [1.165, 1.54) is 0 Å². The number of ether oxygens (including phenoxy) is 1. The molecule has 1 atom stereocenters. The molecule has 1 saturated heterocycles. The van der Waals surface area contributed by atoms with Crippen LogP contribution in [0.15, 0.2) is 23.6 Å². The lowest BCUT2D eigenvalue weighted by Crippen LogP contribution is -2.45. The maximum atomic E-state index is 12.4. The first-order valence-electron chi connectivity index (χ1n) is 7.89. The number of carbonyl (C=O) groups is 1. The van der Waals surface area contributed by atoms with Crippen molar-refractivity contribution in [3.8, 4) is 5.88 Å². The normalized spacial score (nSPS) is 18.0.